The average molecular weight is 343 g/mol. The minimum atomic E-state index is -4.68. The molecule has 0 aliphatic rings. The fourth-order valence-corrected chi connectivity index (χ4v) is 1.70. The number of carbonyl (C=O) groups excluding carboxylic acids is 1. The van der Waals surface area contributed by atoms with Gasteiger partial charge in [0.15, 0.2) is 0 Å². The molecule has 1 aromatic carbocycles. The maximum Gasteiger partial charge on any atom is 0.471 e. The van der Waals surface area contributed by atoms with Crippen LogP contribution in [0.5, 0.6) is 0 Å². The van der Waals surface area contributed by atoms with Gasteiger partial charge >= 0.3 is 18.2 Å². The van der Waals surface area contributed by atoms with E-state index < -0.39 is 18.2 Å². The quantitative estimate of drug-likeness (QED) is 0.897. The van der Waals surface area contributed by atoms with Gasteiger partial charge in [0.2, 0.25) is 5.82 Å². The first-order valence-electron chi connectivity index (χ1n) is 7.16. The third-order valence-electron chi connectivity index (χ3n) is 2.87. The number of hydrogen-bond acceptors (Lipinski definition) is 5. The lowest BCUT2D eigenvalue weighted by Gasteiger charge is -2.08. The van der Waals surface area contributed by atoms with Gasteiger partial charge in [-0.05, 0) is 11.5 Å². The molecule has 1 amide bonds. The van der Waals surface area contributed by atoms with Crippen molar-refractivity contribution in [2.75, 3.05) is 6.61 Å². The van der Waals surface area contributed by atoms with Gasteiger partial charge in [0.25, 0.3) is 0 Å². The lowest BCUT2D eigenvalue weighted by atomic mass is 10.1. The Kier molecular flexibility index (Phi) is 5.42. The van der Waals surface area contributed by atoms with E-state index >= 15 is 0 Å². The van der Waals surface area contributed by atoms with Gasteiger partial charge in [-0.1, -0.05) is 43.3 Å². The molecule has 130 valence electrons. The van der Waals surface area contributed by atoms with Crippen LogP contribution in [0.1, 0.15) is 25.3 Å². The Bertz CT molecular complexity index is 681. The van der Waals surface area contributed by atoms with E-state index in [1.807, 2.05) is 13.8 Å². The van der Waals surface area contributed by atoms with Crippen LogP contribution in [0.25, 0.3) is 11.4 Å². The molecular weight excluding hydrogens is 327 g/mol. The van der Waals surface area contributed by atoms with E-state index in [4.69, 9.17) is 4.74 Å². The Morgan fingerprint density at radius 2 is 1.96 bits per heavy atom. The van der Waals surface area contributed by atoms with Crippen molar-refractivity contribution < 1.29 is 27.2 Å². The lowest BCUT2D eigenvalue weighted by Crippen LogP contribution is -2.25. The molecule has 6 nitrogen and oxygen atoms in total. The summed E-state index contributed by atoms with van der Waals surface area (Å²) >= 11 is 0. The minimum Gasteiger partial charge on any atom is -0.449 e. The second-order valence-electron chi connectivity index (χ2n) is 5.46. The smallest absolute Gasteiger partial charge is 0.449 e. The van der Waals surface area contributed by atoms with E-state index in [2.05, 4.69) is 20.0 Å². The van der Waals surface area contributed by atoms with Crippen LogP contribution in [0.2, 0.25) is 0 Å². The van der Waals surface area contributed by atoms with Crippen LogP contribution in [0.4, 0.5) is 18.0 Å². The Morgan fingerprint density at radius 1 is 1.29 bits per heavy atom. The van der Waals surface area contributed by atoms with Crippen LogP contribution in [0.3, 0.4) is 0 Å². The van der Waals surface area contributed by atoms with Crippen molar-refractivity contribution in [2.24, 2.45) is 5.92 Å². The molecule has 0 aliphatic heterocycles. The molecule has 1 aromatic heterocycles. The summed E-state index contributed by atoms with van der Waals surface area (Å²) in [5.74, 6) is -1.30. The minimum absolute atomic E-state index is 0.154. The summed E-state index contributed by atoms with van der Waals surface area (Å²) in [7, 11) is 0. The number of ether oxygens (including phenoxy) is 1. The van der Waals surface area contributed by atoms with Gasteiger partial charge in [0, 0.05) is 12.1 Å². The summed E-state index contributed by atoms with van der Waals surface area (Å²) in [5, 5.41) is 5.88. The van der Waals surface area contributed by atoms with Gasteiger partial charge in [-0.2, -0.15) is 18.2 Å². The van der Waals surface area contributed by atoms with E-state index in [1.165, 1.54) is 0 Å². The summed E-state index contributed by atoms with van der Waals surface area (Å²) in [6.45, 7) is 4.41. The second-order valence-corrected chi connectivity index (χ2v) is 5.46. The molecule has 0 saturated carbocycles. The van der Waals surface area contributed by atoms with Crippen LogP contribution in [-0.2, 0) is 17.5 Å². The summed E-state index contributed by atoms with van der Waals surface area (Å²) in [4.78, 5) is 14.7. The zero-order valence-electron chi connectivity index (χ0n) is 13.1. The van der Waals surface area contributed by atoms with E-state index in [1.54, 1.807) is 24.3 Å². The van der Waals surface area contributed by atoms with Crippen LogP contribution < -0.4 is 5.32 Å². The number of amides is 1. The number of aromatic nitrogens is 2. The molecule has 1 N–H and O–H groups in total. The molecule has 24 heavy (non-hydrogen) atoms. The van der Waals surface area contributed by atoms with Crippen molar-refractivity contribution >= 4 is 6.09 Å². The predicted octanol–water partition coefficient (Wildman–Crippen LogP) is 3.64. The van der Waals surface area contributed by atoms with Gasteiger partial charge in [-0.25, -0.2) is 4.79 Å². The second kappa shape index (κ2) is 7.33. The van der Waals surface area contributed by atoms with Crippen LogP contribution in [-0.4, -0.2) is 22.8 Å². The number of halogens is 3. The van der Waals surface area contributed by atoms with Crippen LogP contribution in [0, 0.1) is 5.92 Å². The molecule has 2 rings (SSSR count). The van der Waals surface area contributed by atoms with E-state index in [0.717, 1.165) is 5.56 Å². The number of benzene rings is 1. The van der Waals surface area contributed by atoms with Gasteiger partial charge < -0.3 is 14.6 Å². The number of nitrogens with one attached hydrogen (secondary N) is 1. The monoisotopic (exact) mass is 343 g/mol. The molecular formula is C15H16F3N3O3. The number of nitrogens with zero attached hydrogens (tertiary/aromatic N) is 2. The SMILES string of the molecule is CC(C)COC(=O)NCc1ccc(-c2noc(C(F)(F)F)n2)cc1. The molecule has 0 fully saturated rings. The fraction of sp³-hybridized carbons (Fsp3) is 0.400. The highest BCUT2D eigenvalue weighted by molar-refractivity contribution is 5.67. The van der Waals surface area contributed by atoms with Gasteiger partial charge in [0.1, 0.15) is 0 Å². The Morgan fingerprint density at radius 3 is 2.50 bits per heavy atom. The fourth-order valence-electron chi connectivity index (χ4n) is 1.70. The molecule has 2 aromatic rings. The standard InChI is InChI=1S/C15H16F3N3O3/c1-9(2)8-23-14(22)19-7-10-3-5-11(6-4-10)12-20-13(24-21-12)15(16,17)18/h3-6,9H,7-8H2,1-2H3,(H,19,22). The molecule has 9 heteroatoms. The number of alkyl halides is 3. The zero-order valence-corrected chi connectivity index (χ0v) is 13.1. The number of alkyl carbamates (subject to hydrolysis) is 1. The largest absolute Gasteiger partial charge is 0.471 e. The molecule has 0 aliphatic carbocycles. The normalized spacial score (nSPS) is 11.6. The lowest BCUT2D eigenvalue weighted by molar-refractivity contribution is -0.159. The number of hydrogen-bond donors (Lipinski definition) is 1. The molecule has 0 saturated heterocycles. The average Bonchev–Trinajstić information content (AvgIpc) is 3.01. The Hall–Kier alpha value is -2.58. The molecule has 0 spiro atoms. The molecule has 0 atom stereocenters. The van der Waals surface area contributed by atoms with Gasteiger partial charge in [-0.15, -0.1) is 0 Å². The first kappa shape index (κ1) is 17.8. The van der Waals surface area contributed by atoms with Crippen molar-refractivity contribution in [1.82, 2.24) is 15.5 Å². The molecule has 0 bridgehead atoms. The summed E-state index contributed by atoms with van der Waals surface area (Å²) in [6.07, 6.45) is -5.20. The van der Waals surface area contributed by atoms with Crippen molar-refractivity contribution in [2.45, 2.75) is 26.6 Å². The zero-order chi connectivity index (χ0) is 17.7. The number of rotatable bonds is 5. The Balaban J connectivity index is 1.93. The summed E-state index contributed by atoms with van der Waals surface area (Å²) in [5.41, 5.74) is 1.13. The molecule has 0 radical (unpaired) electrons. The van der Waals surface area contributed by atoms with Gasteiger partial charge in [0.05, 0.1) is 6.61 Å². The molecule has 0 unspecified atom stereocenters. The summed E-state index contributed by atoms with van der Waals surface area (Å²) < 4.78 is 46.4. The third-order valence-corrected chi connectivity index (χ3v) is 2.87. The topological polar surface area (TPSA) is 77.2 Å². The first-order chi connectivity index (χ1) is 11.3. The van der Waals surface area contributed by atoms with Gasteiger partial charge in [-0.3, -0.25) is 0 Å². The third kappa shape index (κ3) is 4.97. The maximum atomic E-state index is 12.4. The number of carbonyl (C=O) groups is 1. The van der Waals surface area contributed by atoms with E-state index in [0.29, 0.717) is 12.2 Å². The molecule has 1 heterocycles. The van der Waals surface area contributed by atoms with Crippen molar-refractivity contribution in [3.63, 3.8) is 0 Å². The van der Waals surface area contributed by atoms with Crippen molar-refractivity contribution in [3.05, 3.63) is 35.7 Å². The van der Waals surface area contributed by atoms with Crippen molar-refractivity contribution in [1.29, 1.82) is 0 Å². The first-order valence-corrected chi connectivity index (χ1v) is 7.16. The van der Waals surface area contributed by atoms with E-state index in [9.17, 15) is 18.0 Å². The highest BCUT2D eigenvalue weighted by atomic mass is 19.4. The van der Waals surface area contributed by atoms with E-state index in [-0.39, 0.29) is 18.3 Å². The Labute approximate surface area is 136 Å². The van der Waals surface area contributed by atoms with Crippen LogP contribution in [0.15, 0.2) is 28.8 Å². The maximum absolute atomic E-state index is 12.4. The predicted molar refractivity (Wildman–Crippen MR) is 77.8 cm³/mol. The summed E-state index contributed by atoms with van der Waals surface area (Å²) in [6, 6.07) is 6.37. The van der Waals surface area contributed by atoms with Crippen molar-refractivity contribution in [3.8, 4) is 11.4 Å². The van der Waals surface area contributed by atoms with Crippen LogP contribution >= 0.6 is 0 Å². The highest BCUT2D eigenvalue weighted by Gasteiger charge is 2.38. The highest BCUT2D eigenvalue weighted by Crippen LogP contribution is 2.29.